The Kier molecular flexibility index (Phi) is 4.50. The average Bonchev–Trinajstić information content (AvgIpc) is 2.67. The molecule has 4 nitrogen and oxygen atoms in total. The molecule has 4 heteroatoms. The van der Waals surface area contributed by atoms with E-state index in [2.05, 4.69) is 17.3 Å². The molecule has 1 aliphatic rings. The van der Waals surface area contributed by atoms with Gasteiger partial charge in [0.15, 0.2) is 0 Å². The topological polar surface area (TPSA) is 55.9 Å². The molecule has 0 bridgehead atoms. The number of nitrogens with zero attached hydrogens (tertiary/aromatic N) is 2. The Hall–Kier alpha value is -1.19. The van der Waals surface area contributed by atoms with Gasteiger partial charge < -0.3 is 11.1 Å². The quantitative estimate of drug-likeness (QED) is 0.844. The predicted molar refractivity (Wildman–Crippen MR) is 76.7 cm³/mol. The molecule has 0 unspecified atom stereocenters. The molecule has 1 fully saturated rings. The lowest BCUT2D eigenvalue weighted by molar-refractivity contribution is 0.345. The molecule has 0 amide bonds. The average molecular weight is 250 g/mol. The van der Waals surface area contributed by atoms with Gasteiger partial charge in [-0.3, -0.25) is 0 Å². The molecular formula is C14H26N4. The van der Waals surface area contributed by atoms with Crippen LogP contribution in [0.3, 0.4) is 0 Å². The molecule has 18 heavy (non-hydrogen) atoms. The highest BCUT2D eigenvalue weighted by molar-refractivity contribution is 5.64. The maximum atomic E-state index is 6.05. The van der Waals surface area contributed by atoms with Gasteiger partial charge in [-0.2, -0.15) is 5.10 Å². The van der Waals surface area contributed by atoms with Crippen LogP contribution in [0.2, 0.25) is 0 Å². The summed E-state index contributed by atoms with van der Waals surface area (Å²) in [4.78, 5) is 0. The first kappa shape index (κ1) is 13.2. The minimum absolute atomic E-state index is 0.806. The largest absolute Gasteiger partial charge is 0.394 e. The SMILES string of the molecule is CCn1nc(C)c(N)c1NCCC1CCCCC1. The van der Waals surface area contributed by atoms with Crippen LogP contribution >= 0.6 is 0 Å². The van der Waals surface area contributed by atoms with Crippen molar-refractivity contribution in [2.24, 2.45) is 5.92 Å². The van der Waals surface area contributed by atoms with Crippen LogP contribution in [0.15, 0.2) is 0 Å². The number of nitrogens with one attached hydrogen (secondary N) is 1. The third-order valence-electron chi connectivity index (χ3n) is 4.04. The van der Waals surface area contributed by atoms with Gasteiger partial charge in [-0.1, -0.05) is 32.1 Å². The maximum absolute atomic E-state index is 6.05. The van der Waals surface area contributed by atoms with Crippen molar-refractivity contribution in [2.75, 3.05) is 17.6 Å². The first-order valence-electron chi connectivity index (χ1n) is 7.29. The van der Waals surface area contributed by atoms with Gasteiger partial charge in [0.2, 0.25) is 0 Å². The second kappa shape index (κ2) is 6.12. The van der Waals surface area contributed by atoms with Crippen LogP contribution in [-0.4, -0.2) is 16.3 Å². The van der Waals surface area contributed by atoms with E-state index in [1.165, 1.54) is 38.5 Å². The first-order chi connectivity index (χ1) is 8.72. The van der Waals surface area contributed by atoms with E-state index in [1.54, 1.807) is 0 Å². The molecule has 1 aliphatic carbocycles. The fourth-order valence-electron chi connectivity index (χ4n) is 2.88. The van der Waals surface area contributed by atoms with Gasteiger partial charge in [-0.15, -0.1) is 0 Å². The highest BCUT2D eigenvalue weighted by Crippen LogP contribution is 2.27. The zero-order chi connectivity index (χ0) is 13.0. The van der Waals surface area contributed by atoms with E-state index in [4.69, 9.17) is 5.73 Å². The van der Waals surface area contributed by atoms with Crippen LogP contribution in [0, 0.1) is 12.8 Å². The lowest BCUT2D eigenvalue weighted by Crippen LogP contribution is -2.14. The minimum Gasteiger partial charge on any atom is -0.394 e. The van der Waals surface area contributed by atoms with E-state index in [0.29, 0.717) is 0 Å². The Bertz CT molecular complexity index is 377. The van der Waals surface area contributed by atoms with Crippen molar-refractivity contribution in [3.8, 4) is 0 Å². The number of nitrogens with two attached hydrogens (primary N) is 1. The van der Waals surface area contributed by atoms with Crippen LogP contribution in [0.1, 0.15) is 51.1 Å². The second-order valence-electron chi connectivity index (χ2n) is 5.38. The Balaban J connectivity index is 1.85. The van der Waals surface area contributed by atoms with Crippen LogP contribution in [0.4, 0.5) is 11.5 Å². The standard InChI is InChI=1S/C14H26N4/c1-3-18-14(13(15)11(2)17-18)16-10-9-12-7-5-4-6-8-12/h12,16H,3-10,15H2,1-2H3. The fraction of sp³-hybridized carbons (Fsp3) is 0.786. The molecule has 1 heterocycles. The number of aromatic nitrogens is 2. The van der Waals surface area contributed by atoms with Gasteiger partial charge in [0.1, 0.15) is 5.82 Å². The van der Waals surface area contributed by atoms with Gasteiger partial charge in [-0.25, -0.2) is 4.68 Å². The van der Waals surface area contributed by atoms with E-state index < -0.39 is 0 Å². The number of hydrogen-bond acceptors (Lipinski definition) is 3. The van der Waals surface area contributed by atoms with Crippen molar-refractivity contribution in [2.45, 2.75) is 58.9 Å². The fourth-order valence-corrected chi connectivity index (χ4v) is 2.88. The van der Waals surface area contributed by atoms with E-state index in [1.807, 2.05) is 11.6 Å². The molecule has 102 valence electrons. The van der Waals surface area contributed by atoms with Gasteiger partial charge in [0, 0.05) is 13.1 Å². The lowest BCUT2D eigenvalue weighted by atomic mass is 9.87. The van der Waals surface area contributed by atoms with Crippen LogP contribution in [0.25, 0.3) is 0 Å². The monoisotopic (exact) mass is 250 g/mol. The summed E-state index contributed by atoms with van der Waals surface area (Å²) in [5.41, 5.74) is 7.79. The summed E-state index contributed by atoms with van der Waals surface area (Å²) in [6.07, 6.45) is 8.33. The van der Waals surface area contributed by atoms with E-state index >= 15 is 0 Å². The molecular weight excluding hydrogens is 224 g/mol. The van der Waals surface area contributed by atoms with Gasteiger partial charge in [0.25, 0.3) is 0 Å². The van der Waals surface area contributed by atoms with Crippen molar-refractivity contribution in [1.82, 2.24) is 9.78 Å². The summed E-state index contributed by atoms with van der Waals surface area (Å²) in [7, 11) is 0. The lowest BCUT2D eigenvalue weighted by Gasteiger charge is -2.21. The zero-order valence-corrected chi connectivity index (χ0v) is 11.7. The van der Waals surface area contributed by atoms with Crippen molar-refractivity contribution < 1.29 is 0 Å². The van der Waals surface area contributed by atoms with E-state index in [-0.39, 0.29) is 0 Å². The number of anilines is 2. The number of nitrogen functional groups attached to an aromatic ring is 1. The molecule has 0 spiro atoms. The molecule has 0 saturated heterocycles. The summed E-state index contributed by atoms with van der Waals surface area (Å²) in [5, 5.41) is 7.90. The molecule has 2 rings (SSSR count). The summed E-state index contributed by atoms with van der Waals surface area (Å²) >= 11 is 0. The number of hydrogen-bond donors (Lipinski definition) is 2. The smallest absolute Gasteiger partial charge is 0.148 e. The Labute approximate surface area is 110 Å². The highest BCUT2D eigenvalue weighted by atomic mass is 15.3. The maximum Gasteiger partial charge on any atom is 0.148 e. The summed E-state index contributed by atoms with van der Waals surface area (Å²) in [6, 6.07) is 0. The highest BCUT2D eigenvalue weighted by Gasteiger charge is 2.14. The summed E-state index contributed by atoms with van der Waals surface area (Å²) in [6.45, 7) is 5.94. The molecule has 0 radical (unpaired) electrons. The molecule has 0 atom stereocenters. The number of aryl methyl sites for hydroxylation is 2. The third kappa shape index (κ3) is 2.98. The van der Waals surface area contributed by atoms with Gasteiger partial charge in [-0.05, 0) is 26.2 Å². The van der Waals surface area contributed by atoms with E-state index in [0.717, 1.165) is 36.2 Å². The van der Waals surface area contributed by atoms with Gasteiger partial charge in [0.05, 0.1) is 11.4 Å². The van der Waals surface area contributed by atoms with Crippen LogP contribution in [-0.2, 0) is 6.54 Å². The Morgan fingerprint density at radius 1 is 1.33 bits per heavy atom. The normalized spacial score (nSPS) is 17.0. The molecule has 1 saturated carbocycles. The summed E-state index contributed by atoms with van der Waals surface area (Å²) in [5.74, 6) is 1.91. The van der Waals surface area contributed by atoms with Crippen molar-refractivity contribution in [3.05, 3.63) is 5.69 Å². The van der Waals surface area contributed by atoms with Crippen LogP contribution in [0.5, 0.6) is 0 Å². The molecule has 1 aromatic rings. The predicted octanol–water partition coefficient (Wildman–Crippen LogP) is 3.18. The molecule has 1 aromatic heterocycles. The Morgan fingerprint density at radius 3 is 2.72 bits per heavy atom. The summed E-state index contributed by atoms with van der Waals surface area (Å²) < 4.78 is 1.96. The van der Waals surface area contributed by atoms with Crippen molar-refractivity contribution in [3.63, 3.8) is 0 Å². The van der Waals surface area contributed by atoms with Crippen molar-refractivity contribution in [1.29, 1.82) is 0 Å². The van der Waals surface area contributed by atoms with Crippen LogP contribution < -0.4 is 11.1 Å². The Morgan fingerprint density at radius 2 is 2.06 bits per heavy atom. The number of rotatable bonds is 5. The molecule has 0 aromatic carbocycles. The molecule has 0 aliphatic heterocycles. The third-order valence-corrected chi connectivity index (χ3v) is 4.04. The van der Waals surface area contributed by atoms with Gasteiger partial charge >= 0.3 is 0 Å². The minimum atomic E-state index is 0.806. The molecule has 3 N–H and O–H groups in total. The van der Waals surface area contributed by atoms with E-state index in [9.17, 15) is 0 Å². The first-order valence-corrected chi connectivity index (χ1v) is 7.29. The second-order valence-corrected chi connectivity index (χ2v) is 5.38. The zero-order valence-electron chi connectivity index (χ0n) is 11.7. The van der Waals surface area contributed by atoms with Crippen molar-refractivity contribution >= 4 is 11.5 Å².